The topological polar surface area (TPSA) is 57.3 Å². The fourth-order valence-corrected chi connectivity index (χ4v) is 3.85. The zero-order valence-corrected chi connectivity index (χ0v) is 17.4. The van der Waals surface area contributed by atoms with Crippen LogP contribution >= 0.6 is 0 Å². The molecule has 6 heteroatoms. The molecule has 2 heterocycles. The van der Waals surface area contributed by atoms with Gasteiger partial charge in [-0.15, -0.1) is 0 Å². The van der Waals surface area contributed by atoms with Crippen LogP contribution in [0.2, 0.25) is 0 Å². The number of nitrogens with zero attached hydrogens (tertiary/aromatic N) is 2. The molecule has 0 atom stereocenters. The van der Waals surface area contributed by atoms with Crippen LogP contribution in [0.5, 0.6) is 0 Å². The van der Waals surface area contributed by atoms with Crippen molar-refractivity contribution in [1.29, 1.82) is 0 Å². The first-order valence-corrected chi connectivity index (χ1v) is 10.7. The number of amides is 1. The van der Waals surface area contributed by atoms with E-state index in [2.05, 4.69) is 20.5 Å². The van der Waals surface area contributed by atoms with E-state index in [1.807, 2.05) is 48.8 Å². The van der Waals surface area contributed by atoms with Crippen LogP contribution < -0.4 is 15.5 Å². The summed E-state index contributed by atoms with van der Waals surface area (Å²) in [5.74, 6) is -0.509. The molecule has 4 rings (SSSR count). The van der Waals surface area contributed by atoms with Crippen LogP contribution in [-0.4, -0.2) is 30.0 Å². The fourth-order valence-electron chi connectivity index (χ4n) is 3.85. The van der Waals surface area contributed by atoms with E-state index in [4.69, 9.17) is 0 Å². The van der Waals surface area contributed by atoms with Crippen molar-refractivity contribution in [3.63, 3.8) is 0 Å². The Hall–Kier alpha value is -3.25. The lowest BCUT2D eigenvalue weighted by molar-refractivity contribution is 0.0950. The summed E-state index contributed by atoms with van der Waals surface area (Å²) in [5.41, 5.74) is 3.43. The number of carbonyl (C=O) groups is 1. The summed E-state index contributed by atoms with van der Waals surface area (Å²) >= 11 is 0. The predicted molar refractivity (Wildman–Crippen MR) is 120 cm³/mol. The third-order valence-corrected chi connectivity index (χ3v) is 5.73. The van der Waals surface area contributed by atoms with E-state index >= 15 is 0 Å². The van der Waals surface area contributed by atoms with Gasteiger partial charge in [0.25, 0.3) is 5.91 Å². The monoisotopic (exact) mass is 418 g/mol. The summed E-state index contributed by atoms with van der Waals surface area (Å²) in [6.45, 7) is 3.00. The minimum Gasteiger partial charge on any atom is -0.371 e. The van der Waals surface area contributed by atoms with E-state index in [0.29, 0.717) is 17.2 Å². The van der Waals surface area contributed by atoms with Crippen LogP contribution in [-0.2, 0) is 13.1 Å². The van der Waals surface area contributed by atoms with Crippen molar-refractivity contribution in [3.05, 3.63) is 95.6 Å². The molecule has 2 aromatic carbocycles. The first kappa shape index (κ1) is 21.0. The number of hydrogen-bond donors (Lipinski definition) is 2. The van der Waals surface area contributed by atoms with Gasteiger partial charge < -0.3 is 15.5 Å². The highest BCUT2D eigenvalue weighted by Gasteiger charge is 2.19. The number of anilines is 1. The van der Waals surface area contributed by atoms with E-state index in [1.165, 1.54) is 11.6 Å². The first-order chi connectivity index (χ1) is 15.2. The maximum absolute atomic E-state index is 13.7. The molecule has 5 nitrogen and oxygen atoms in total. The van der Waals surface area contributed by atoms with Crippen molar-refractivity contribution in [3.8, 4) is 0 Å². The lowest BCUT2D eigenvalue weighted by Crippen LogP contribution is -2.42. The number of halogens is 1. The minimum absolute atomic E-state index is 0.174. The van der Waals surface area contributed by atoms with Crippen LogP contribution in [0.1, 0.15) is 34.3 Å². The van der Waals surface area contributed by atoms with Crippen LogP contribution in [0.3, 0.4) is 0 Å². The molecule has 2 N–H and O–H groups in total. The molecule has 0 bridgehead atoms. The number of aromatic nitrogens is 1. The Kier molecular flexibility index (Phi) is 6.89. The molecule has 3 aromatic rings. The second kappa shape index (κ2) is 10.2. The predicted octanol–water partition coefficient (Wildman–Crippen LogP) is 3.91. The lowest BCUT2D eigenvalue weighted by Gasteiger charge is -2.34. The quantitative estimate of drug-likeness (QED) is 0.611. The highest BCUT2D eigenvalue weighted by atomic mass is 19.1. The van der Waals surface area contributed by atoms with Crippen molar-refractivity contribution < 1.29 is 9.18 Å². The lowest BCUT2D eigenvalue weighted by atomic mass is 10.0. The number of piperidine rings is 1. The summed E-state index contributed by atoms with van der Waals surface area (Å²) in [4.78, 5) is 18.8. The fraction of sp³-hybridized carbons (Fsp3) is 0.280. The van der Waals surface area contributed by atoms with Crippen LogP contribution in [0.4, 0.5) is 10.1 Å². The molecule has 1 aliphatic heterocycles. The maximum Gasteiger partial charge on any atom is 0.251 e. The summed E-state index contributed by atoms with van der Waals surface area (Å²) in [7, 11) is 0. The molecular weight excluding hydrogens is 391 g/mol. The van der Waals surface area contributed by atoms with E-state index in [0.717, 1.165) is 38.2 Å². The third kappa shape index (κ3) is 5.67. The standard InChI is InChI=1S/C25H27FN4O/c26-24-4-2-1-3-21(24)18-29-25(31)20-5-7-23(8-6-20)30-15-11-22(12-16-30)28-17-19-9-13-27-14-10-19/h1-10,13-14,22,28H,11-12,15-18H2,(H,29,31). The maximum atomic E-state index is 13.7. The Morgan fingerprint density at radius 2 is 1.68 bits per heavy atom. The van der Waals surface area contributed by atoms with Crippen molar-refractivity contribution >= 4 is 11.6 Å². The summed E-state index contributed by atoms with van der Waals surface area (Å²) in [5, 5.41) is 6.42. The highest BCUT2D eigenvalue weighted by molar-refractivity contribution is 5.94. The van der Waals surface area contributed by atoms with E-state index in [-0.39, 0.29) is 18.3 Å². The Morgan fingerprint density at radius 1 is 0.968 bits per heavy atom. The number of benzene rings is 2. The molecule has 1 fully saturated rings. The molecule has 1 aliphatic rings. The Balaban J connectivity index is 1.25. The van der Waals surface area contributed by atoms with Gasteiger partial charge in [0.05, 0.1) is 0 Å². The third-order valence-electron chi connectivity index (χ3n) is 5.73. The van der Waals surface area contributed by atoms with Gasteiger partial charge in [-0.3, -0.25) is 9.78 Å². The van der Waals surface area contributed by atoms with Gasteiger partial charge in [-0.1, -0.05) is 18.2 Å². The van der Waals surface area contributed by atoms with Gasteiger partial charge in [0.2, 0.25) is 0 Å². The summed E-state index contributed by atoms with van der Waals surface area (Å²) in [6, 6.07) is 18.7. The molecular formula is C25H27FN4O. The summed E-state index contributed by atoms with van der Waals surface area (Å²) < 4.78 is 13.7. The van der Waals surface area contributed by atoms with Gasteiger partial charge in [-0.05, 0) is 60.9 Å². The molecule has 0 unspecified atom stereocenters. The second-order valence-corrected chi connectivity index (χ2v) is 7.82. The molecule has 0 aliphatic carbocycles. The van der Waals surface area contributed by atoms with Gasteiger partial charge in [-0.25, -0.2) is 4.39 Å². The molecule has 0 radical (unpaired) electrons. The average molecular weight is 419 g/mol. The van der Waals surface area contributed by atoms with Crippen molar-refractivity contribution in [2.45, 2.75) is 32.0 Å². The molecule has 1 saturated heterocycles. The molecule has 1 aromatic heterocycles. The van der Waals surface area contributed by atoms with E-state index in [9.17, 15) is 9.18 Å². The zero-order valence-electron chi connectivity index (χ0n) is 17.4. The Morgan fingerprint density at radius 3 is 2.39 bits per heavy atom. The van der Waals surface area contributed by atoms with Crippen molar-refractivity contribution in [1.82, 2.24) is 15.6 Å². The zero-order chi connectivity index (χ0) is 21.5. The molecule has 0 spiro atoms. The van der Waals surface area contributed by atoms with Crippen LogP contribution in [0.15, 0.2) is 73.1 Å². The normalized spacial score (nSPS) is 14.4. The molecule has 1 amide bonds. The van der Waals surface area contributed by atoms with Gasteiger partial charge in [0.15, 0.2) is 0 Å². The second-order valence-electron chi connectivity index (χ2n) is 7.82. The van der Waals surface area contributed by atoms with Gasteiger partial charge in [-0.2, -0.15) is 0 Å². The highest BCUT2D eigenvalue weighted by Crippen LogP contribution is 2.21. The number of pyridine rings is 1. The van der Waals surface area contributed by atoms with Gasteiger partial charge in [0.1, 0.15) is 5.82 Å². The SMILES string of the molecule is O=C(NCc1ccccc1F)c1ccc(N2CCC(NCc3ccncc3)CC2)cc1. The van der Waals surface area contributed by atoms with Crippen LogP contribution in [0, 0.1) is 5.82 Å². The molecule has 0 saturated carbocycles. The Labute approximate surface area is 182 Å². The minimum atomic E-state index is -0.309. The van der Waals surface area contributed by atoms with Gasteiger partial charge in [0, 0.05) is 61.4 Å². The van der Waals surface area contributed by atoms with Crippen molar-refractivity contribution in [2.75, 3.05) is 18.0 Å². The smallest absolute Gasteiger partial charge is 0.251 e. The van der Waals surface area contributed by atoms with Crippen molar-refractivity contribution in [2.24, 2.45) is 0 Å². The number of carbonyl (C=O) groups excluding carboxylic acids is 1. The first-order valence-electron chi connectivity index (χ1n) is 10.7. The molecule has 160 valence electrons. The van der Waals surface area contributed by atoms with Gasteiger partial charge >= 0.3 is 0 Å². The molecule has 31 heavy (non-hydrogen) atoms. The van der Waals surface area contributed by atoms with E-state index in [1.54, 1.807) is 18.2 Å². The van der Waals surface area contributed by atoms with E-state index < -0.39 is 0 Å². The number of rotatable bonds is 7. The largest absolute Gasteiger partial charge is 0.371 e. The Bertz CT molecular complexity index is 986. The number of hydrogen-bond acceptors (Lipinski definition) is 4. The number of nitrogens with one attached hydrogen (secondary N) is 2. The van der Waals surface area contributed by atoms with Crippen LogP contribution in [0.25, 0.3) is 0 Å². The average Bonchev–Trinajstić information content (AvgIpc) is 2.83. The summed E-state index contributed by atoms with van der Waals surface area (Å²) in [6.07, 6.45) is 5.80.